The van der Waals surface area contributed by atoms with Gasteiger partial charge in [0.25, 0.3) is 17.0 Å². The summed E-state index contributed by atoms with van der Waals surface area (Å²) in [6.07, 6.45) is 2.32. The minimum atomic E-state index is -0.810. The molecule has 0 bridgehead atoms. The molecule has 1 fully saturated rings. The molecule has 1 N–H and O–H groups in total. The second-order valence-electron chi connectivity index (χ2n) is 6.79. The highest BCUT2D eigenvalue weighted by atomic mass is 35.5. The van der Waals surface area contributed by atoms with Crippen LogP contribution in [0.4, 0.5) is 19.3 Å². The first-order valence-electron chi connectivity index (χ1n) is 9.55. The van der Waals surface area contributed by atoms with Gasteiger partial charge < -0.3 is 10.1 Å². The molecule has 12 heteroatoms. The van der Waals surface area contributed by atoms with Crippen LogP contribution in [0.3, 0.4) is 0 Å². The van der Waals surface area contributed by atoms with Crippen molar-refractivity contribution in [3.63, 3.8) is 0 Å². The molecule has 0 radical (unpaired) electrons. The Labute approximate surface area is 200 Å². The normalized spacial score (nSPS) is 14.6. The number of nitrogens with one attached hydrogen (secondary N) is 1. The third kappa shape index (κ3) is 5.56. The summed E-state index contributed by atoms with van der Waals surface area (Å²) in [5, 5.41) is 1.69. The maximum atomic E-state index is 13.8. The fourth-order valence-corrected chi connectivity index (χ4v) is 3.81. The Hall–Kier alpha value is -3.83. The van der Waals surface area contributed by atoms with Crippen molar-refractivity contribution in [3.8, 4) is 11.6 Å². The molecule has 1 aliphatic heterocycles. The number of hydrogen-bond donors (Lipinski definition) is 1. The SMILES string of the molecule is O=C(CN1C(=O)S/C(=C/c2cccc(Oc3nc(Cl)ncc3F)c2)C1=O)Nc1ccc(F)cc1. The van der Waals surface area contributed by atoms with Crippen LogP contribution in [-0.2, 0) is 9.59 Å². The Bertz CT molecular complexity index is 1320. The van der Waals surface area contributed by atoms with E-state index in [9.17, 15) is 23.2 Å². The van der Waals surface area contributed by atoms with Crippen molar-refractivity contribution in [1.82, 2.24) is 14.9 Å². The Morgan fingerprint density at radius 3 is 2.71 bits per heavy atom. The van der Waals surface area contributed by atoms with Gasteiger partial charge in [0, 0.05) is 5.69 Å². The fourth-order valence-electron chi connectivity index (χ4n) is 2.85. The molecule has 8 nitrogen and oxygen atoms in total. The summed E-state index contributed by atoms with van der Waals surface area (Å²) in [5.41, 5.74) is 0.812. The zero-order valence-electron chi connectivity index (χ0n) is 17.0. The Balaban J connectivity index is 1.45. The topological polar surface area (TPSA) is 101 Å². The first-order valence-corrected chi connectivity index (χ1v) is 10.7. The van der Waals surface area contributed by atoms with Crippen LogP contribution < -0.4 is 10.1 Å². The molecule has 0 saturated carbocycles. The third-order valence-corrected chi connectivity index (χ3v) is 5.45. The van der Waals surface area contributed by atoms with Crippen LogP contribution in [0.15, 0.2) is 59.6 Å². The van der Waals surface area contributed by atoms with Gasteiger partial charge in [0.05, 0.1) is 11.1 Å². The average molecular weight is 503 g/mol. The molecule has 3 amide bonds. The molecule has 3 aromatic rings. The van der Waals surface area contributed by atoms with Gasteiger partial charge in [-0.2, -0.15) is 9.37 Å². The number of amides is 3. The van der Waals surface area contributed by atoms with Crippen molar-refractivity contribution >= 4 is 52.2 Å². The summed E-state index contributed by atoms with van der Waals surface area (Å²) in [4.78, 5) is 45.3. The number of hydrogen-bond acceptors (Lipinski definition) is 7. The summed E-state index contributed by atoms with van der Waals surface area (Å²) < 4.78 is 32.2. The Morgan fingerprint density at radius 1 is 1.18 bits per heavy atom. The van der Waals surface area contributed by atoms with Gasteiger partial charge in [0.1, 0.15) is 18.1 Å². The number of thioether (sulfide) groups is 1. The van der Waals surface area contributed by atoms with E-state index >= 15 is 0 Å². The Kier molecular flexibility index (Phi) is 6.85. The summed E-state index contributed by atoms with van der Waals surface area (Å²) in [6, 6.07) is 11.3. The molecule has 1 saturated heterocycles. The number of carbonyl (C=O) groups excluding carboxylic acids is 3. The summed E-state index contributed by atoms with van der Waals surface area (Å²) in [7, 11) is 0. The van der Waals surface area contributed by atoms with E-state index in [1.165, 1.54) is 42.5 Å². The molecular formula is C22H13ClF2N4O4S. The number of benzene rings is 2. The highest BCUT2D eigenvalue weighted by Gasteiger charge is 2.36. The molecule has 4 rings (SSSR count). The van der Waals surface area contributed by atoms with Crippen molar-refractivity contribution in [2.45, 2.75) is 0 Å². The molecule has 34 heavy (non-hydrogen) atoms. The molecule has 0 spiro atoms. The van der Waals surface area contributed by atoms with E-state index in [1.54, 1.807) is 12.1 Å². The van der Waals surface area contributed by atoms with Crippen LogP contribution in [-0.4, -0.2) is 38.5 Å². The van der Waals surface area contributed by atoms with E-state index in [0.717, 1.165) is 11.1 Å². The Morgan fingerprint density at radius 2 is 1.94 bits per heavy atom. The van der Waals surface area contributed by atoms with E-state index in [1.807, 2.05) is 0 Å². The van der Waals surface area contributed by atoms with Gasteiger partial charge in [-0.15, -0.1) is 0 Å². The second kappa shape index (κ2) is 9.98. The number of nitrogens with zero attached hydrogens (tertiary/aromatic N) is 3. The number of aromatic nitrogens is 2. The zero-order valence-corrected chi connectivity index (χ0v) is 18.6. The number of anilines is 1. The van der Waals surface area contributed by atoms with Gasteiger partial charge in [0.15, 0.2) is 0 Å². The predicted octanol–water partition coefficient (Wildman–Crippen LogP) is 4.88. The molecule has 1 aliphatic rings. The maximum absolute atomic E-state index is 13.8. The van der Waals surface area contributed by atoms with Crippen LogP contribution in [0.1, 0.15) is 5.56 Å². The molecule has 2 aromatic carbocycles. The monoisotopic (exact) mass is 502 g/mol. The standard InChI is InChI=1S/C22H13ClF2N4O4S/c23-21-26-10-16(25)19(28-21)33-15-3-1-2-12(8-15)9-17-20(31)29(22(32)34-17)11-18(30)27-14-6-4-13(24)5-7-14/h1-10H,11H2,(H,27,30)/b17-9+. The summed E-state index contributed by atoms with van der Waals surface area (Å²) in [6.45, 7) is -0.504. The van der Waals surface area contributed by atoms with Gasteiger partial charge in [-0.05, 0) is 71.4 Å². The van der Waals surface area contributed by atoms with Gasteiger partial charge in [0.2, 0.25) is 17.0 Å². The number of imide groups is 1. The lowest BCUT2D eigenvalue weighted by Crippen LogP contribution is -2.36. The molecular weight excluding hydrogens is 490 g/mol. The lowest BCUT2D eigenvalue weighted by atomic mass is 10.2. The van der Waals surface area contributed by atoms with E-state index in [2.05, 4.69) is 15.3 Å². The molecule has 2 heterocycles. The smallest absolute Gasteiger partial charge is 0.294 e. The van der Waals surface area contributed by atoms with Crippen LogP contribution in [0.5, 0.6) is 11.6 Å². The van der Waals surface area contributed by atoms with Crippen molar-refractivity contribution in [3.05, 3.63) is 82.1 Å². The first kappa shape index (κ1) is 23.3. The number of carbonyl (C=O) groups is 3. The molecule has 172 valence electrons. The van der Waals surface area contributed by atoms with Crippen molar-refractivity contribution < 1.29 is 27.9 Å². The third-order valence-electron chi connectivity index (χ3n) is 4.36. The zero-order chi connectivity index (χ0) is 24.2. The molecule has 0 atom stereocenters. The van der Waals surface area contributed by atoms with Gasteiger partial charge in [-0.3, -0.25) is 19.3 Å². The van der Waals surface area contributed by atoms with Crippen molar-refractivity contribution in [1.29, 1.82) is 0 Å². The minimum Gasteiger partial charge on any atom is -0.436 e. The van der Waals surface area contributed by atoms with Gasteiger partial charge in [-0.1, -0.05) is 12.1 Å². The molecule has 0 unspecified atom stereocenters. The lowest BCUT2D eigenvalue weighted by Gasteiger charge is -2.12. The quantitative estimate of drug-likeness (QED) is 0.379. The number of ether oxygens (including phenoxy) is 1. The van der Waals surface area contributed by atoms with E-state index in [4.69, 9.17) is 16.3 Å². The summed E-state index contributed by atoms with van der Waals surface area (Å²) >= 11 is 6.33. The predicted molar refractivity (Wildman–Crippen MR) is 121 cm³/mol. The number of rotatable bonds is 6. The van der Waals surface area contributed by atoms with E-state index < -0.39 is 35.2 Å². The van der Waals surface area contributed by atoms with Crippen LogP contribution in [0.2, 0.25) is 5.28 Å². The average Bonchev–Trinajstić information content (AvgIpc) is 3.05. The largest absolute Gasteiger partial charge is 0.436 e. The van der Waals surface area contributed by atoms with E-state index in [-0.39, 0.29) is 21.8 Å². The maximum Gasteiger partial charge on any atom is 0.294 e. The number of halogens is 3. The first-order chi connectivity index (χ1) is 16.3. The van der Waals surface area contributed by atoms with Gasteiger partial charge in [-0.25, -0.2) is 9.37 Å². The minimum absolute atomic E-state index is 0.0907. The molecule has 1 aromatic heterocycles. The summed E-state index contributed by atoms with van der Waals surface area (Å²) in [5.74, 6) is -2.70. The van der Waals surface area contributed by atoms with Crippen molar-refractivity contribution in [2.24, 2.45) is 0 Å². The van der Waals surface area contributed by atoms with E-state index in [0.29, 0.717) is 23.0 Å². The van der Waals surface area contributed by atoms with Crippen LogP contribution in [0.25, 0.3) is 6.08 Å². The highest BCUT2D eigenvalue weighted by Crippen LogP contribution is 2.33. The molecule has 0 aliphatic carbocycles. The highest BCUT2D eigenvalue weighted by molar-refractivity contribution is 8.18. The lowest BCUT2D eigenvalue weighted by molar-refractivity contribution is -0.127. The van der Waals surface area contributed by atoms with Gasteiger partial charge >= 0.3 is 0 Å². The van der Waals surface area contributed by atoms with Crippen molar-refractivity contribution in [2.75, 3.05) is 11.9 Å². The fraction of sp³-hybridized carbons (Fsp3) is 0.0455. The van der Waals surface area contributed by atoms with Crippen LogP contribution >= 0.6 is 23.4 Å². The van der Waals surface area contributed by atoms with Crippen LogP contribution in [0, 0.1) is 11.6 Å². The second-order valence-corrected chi connectivity index (χ2v) is 8.12.